The quantitative estimate of drug-likeness (QED) is 0.161. The van der Waals surface area contributed by atoms with E-state index in [9.17, 15) is 34.1 Å². The number of likely N-dealkylation sites (tertiary alicyclic amines) is 1. The van der Waals surface area contributed by atoms with Gasteiger partial charge in [-0.2, -0.15) is 0 Å². The van der Waals surface area contributed by atoms with E-state index >= 15 is 0 Å². The van der Waals surface area contributed by atoms with Crippen LogP contribution >= 0.6 is 9.39 Å². The van der Waals surface area contributed by atoms with Crippen LogP contribution in [0, 0.1) is 27.4 Å². The van der Waals surface area contributed by atoms with Gasteiger partial charge in [-0.25, -0.2) is 4.79 Å². The highest BCUT2D eigenvalue weighted by atomic mass is 31.0. The van der Waals surface area contributed by atoms with Crippen LogP contribution in [0.3, 0.4) is 0 Å². The SMILES string of the molecule is C[C@H]1CCN(C(=O)[C@@H](NC(=O)Oc2ccc([N+](=O)[O-])cc2)C(C)(C)C)[C@@H]1C(=O)NC(CC1CCC1)C(=O)C(=O)NP. The lowest BCUT2D eigenvalue weighted by Crippen LogP contribution is -2.60. The van der Waals surface area contributed by atoms with E-state index in [0.29, 0.717) is 12.8 Å². The van der Waals surface area contributed by atoms with Crippen LogP contribution < -0.4 is 20.5 Å². The molecule has 1 aliphatic heterocycles. The summed E-state index contributed by atoms with van der Waals surface area (Å²) in [6.07, 6.45) is 2.81. The van der Waals surface area contributed by atoms with Crippen LogP contribution in [0.1, 0.15) is 59.8 Å². The average molecular weight is 592 g/mol. The Labute approximate surface area is 240 Å². The van der Waals surface area contributed by atoms with Crippen LogP contribution in [0.15, 0.2) is 24.3 Å². The number of carbonyl (C=O) groups is 5. The zero-order valence-corrected chi connectivity index (χ0v) is 24.8. The molecule has 1 aliphatic carbocycles. The molecule has 1 saturated heterocycles. The Kier molecular flexibility index (Phi) is 10.4. The molecule has 3 rings (SSSR count). The zero-order valence-electron chi connectivity index (χ0n) is 23.7. The second kappa shape index (κ2) is 13.4. The van der Waals surface area contributed by atoms with E-state index in [-0.39, 0.29) is 29.8 Å². The molecule has 13 nitrogen and oxygen atoms in total. The van der Waals surface area contributed by atoms with E-state index in [1.54, 1.807) is 20.8 Å². The third-order valence-electron chi connectivity index (χ3n) is 7.67. The summed E-state index contributed by atoms with van der Waals surface area (Å²) in [6.45, 7) is 7.36. The molecule has 5 atom stereocenters. The van der Waals surface area contributed by atoms with Crippen LogP contribution in [0.25, 0.3) is 0 Å². The summed E-state index contributed by atoms with van der Waals surface area (Å²) in [4.78, 5) is 76.6. The maximum atomic E-state index is 13.8. The zero-order chi connectivity index (χ0) is 30.5. The van der Waals surface area contributed by atoms with Gasteiger partial charge in [0.25, 0.3) is 11.6 Å². The third-order valence-corrected chi connectivity index (χ3v) is 7.93. The molecule has 2 unspecified atom stereocenters. The summed E-state index contributed by atoms with van der Waals surface area (Å²) in [5, 5.41) is 18.4. The number of benzene rings is 1. The average Bonchev–Trinajstić information content (AvgIpc) is 3.28. The first-order chi connectivity index (χ1) is 19.2. The minimum absolute atomic E-state index is 0.0527. The Morgan fingerprint density at radius 3 is 2.24 bits per heavy atom. The first-order valence-electron chi connectivity index (χ1n) is 13.6. The Hall–Kier alpha value is -3.60. The molecular formula is C27H38N5O8P. The topological polar surface area (TPSA) is 177 Å². The largest absolute Gasteiger partial charge is 0.413 e. The number of ketones is 1. The molecule has 224 valence electrons. The van der Waals surface area contributed by atoms with Gasteiger partial charge in [-0.3, -0.25) is 29.3 Å². The Morgan fingerprint density at radius 2 is 1.73 bits per heavy atom. The minimum atomic E-state index is -1.08. The molecule has 2 fully saturated rings. The molecule has 1 aromatic rings. The van der Waals surface area contributed by atoms with Gasteiger partial charge in [0, 0.05) is 18.7 Å². The number of nitro benzene ring substituents is 1. The molecule has 1 saturated carbocycles. The molecule has 4 amide bonds. The molecule has 0 aromatic heterocycles. The van der Waals surface area contributed by atoms with Crippen molar-refractivity contribution in [1.82, 2.24) is 20.6 Å². The summed E-state index contributed by atoms with van der Waals surface area (Å²) in [6, 6.07) is 1.93. The van der Waals surface area contributed by atoms with Gasteiger partial charge >= 0.3 is 6.09 Å². The number of hydrogen-bond donors (Lipinski definition) is 3. The summed E-state index contributed by atoms with van der Waals surface area (Å²) in [5.41, 5.74) is -0.947. The van der Waals surface area contributed by atoms with Crippen molar-refractivity contribution in [2.24, 2.45) is 17.3 Å². The number of carbonyl (C=O) groups excluding carboxylic acids is 5. The molecule has 1 aromatic carbocycles. The fourth-order valence-corrected chi connectivity index (χ4v) is 5.22. The molecule has 3 N–H and O–H groups in total. The van der Waals surface area contributed by atoms with E-state index in [2.05, 4.69) is 15.7 Å². The maximum absolute atomic E-state index is 13.8. The number of non-ortho nitro benzene ring substituents is 1. The van der Waals surface area contributed by atoms with Crippen LogP contribution in [-0.4, -0.2) is 64.1 Å². The second-order valence-electron chi connectivity index (χ2n) is 11.8. The first kappa shape index (κ1) is 31.9. The van der Waals surface area contributed by atoms with Crippen molar-refractivity contribution in [2.75, 3.05) is 6.54 Å². The molecule has 41 heavy (non-hydrogen) atoms. The number of hydrogen-bond acceptors (Lipinski definition) is 8. The maximum Gasteiger partial charge on any atom is 0.413 e. The lowest BCUT2D eigenvalue weighted by molar-refractivity contribution is -0.384. The molecule has 2 aliphatic rings. The summed E-state index contributed by atoms with van der Waals surface area (Å²) < 4.78 is 5.25. The van der Waals surface area contributed by atoms with Gasteiger partial charge in [0.1, 0.15) is 17.8 Å². The predicted molar refractivity (Wildman–Crippen MR) is 152 cm³/mol. The van der Waals surface area contributed by atoms with Crippen LogP contribution in [0.4, 0.5) is 10.5 Å². The van der Waals surface area contributed by atoms with Crippen molar-refractivity contribution in [3.05, 3.63) is 34.4 Å². The molecule has 0 spiro atoms. The molecule has 0 radical (unpaired) electrons. The first-order valence-corrected chi connectivity index (χ1v) is 14.2. The lowest BCUT2D eigenvalue weighted by Gasteiger charge is -2.36. The van der Waals surface area contributed by atoms with Gasteiger partial charge in [-0.15, -0.1) is 0 Å². The van der Waals surface area contributed by atoms with Gasteiger partial charge in [0.2, 0.25) is 17.6 Å². The predicted octanol–water partition coefficient (Wildman–Crippen LogP) is 2.49. The van der Waals surface area contributed by atoms with E-state index < -0.39 is 58.1 Å². The van der Waals surface area contributed by atoms with Crippen molar-refractivity contribution >= 4 is 44.7 Å². The fraction of sp³-hybridized carbons (Fsp3) is 0.593. The number of amides is 4. The van der Waals surface area contributed by atoms with Gasteiger partial charge in [-0.05, 0) is 51.6 Å². The van der Waals surface area contributed by atoms with Gasteiger partial charge < -0.3 is 25.4 Å². The van der Waals surface area contributed by atoms with Crippen molar-refractivity contribution < 1.29 is 33.6 Å². The van der Waals surface area contributed by atoms with E-state index in [4.69, 9.17) is 4.74 Å². The van der Waals surface area contributed by atoms with Gasteiger partial charge in [0.05, 0.1) is 11.0 Å². The fourth-order valence-electron chi connectivity index (χ4n) is 5.08. The molecular weight excluding hydrogens is 553 g/mol. The standard InChI is InChI=1S/C27H38N5O8P/c1-15-12-13-31(20(15)23(34)28-19(14-16-6-5-7-16)21(33)24(35)30-41)25(36)22(27(2,3)4)29-26(37)40-18-10-8-17(9-11-18)32(38)39/h8-11,15-16,19-20,22H,5-7,12-14,41H2,1-4H3,(H,28,34)(H,29,37)(H,30,35)/t15-,19?,20-,22+/m0/s1. The highest BCUT2D eigenvalue weighted by Crippen LogP contribution is 2.32. The van der Waals surface area contributed by atoms with Crippen LogP contribution in [0.5, 0.6) is 5.75 Å². The molecule has 1 heterocycles. The summed E-state index contributed by atoms with van der Waals surface area (Å²) in [5.74, 6) is -2.54. The second-order valence-corrected chi connectivity index (χ2v) is 12.0. The smallest absolute Gasteiger partial charge is 0.410 e. The number of nitro groups is 1. The molecule has 0 bridgehead atoms. The Morgan fingerprint density at radius 1 is 1.10 bits per heavy atom. The van der Waals surface area contributed by atoms with Crippen molar-refractivity contribution in [3.8, 4) is 5.75 Å². The number of nitrogens with one attached hydrogen (secondary N) is 3. The van der Waals surface area contributed by atoms with Crippen LogP contribution in [0.2, 0.25) is 0 Å². The summed E-state index contributed by atoms with van der Waals surface area (Å²) in [7, 11) is 1.99. The highest BCUT2D eigenvalue weighted by molar-refractivity contribution is 7.15. The summed E-state index contributed by atoms with van der Waals surface area (Å²) >= 11 is 0. The van der Waals surface area contributed by atoms with Crippen LogP contribution in [-0.2, 0) is 19.2 Å². The third kappa shape index (κ3) is 8.00. The lowest BCUT2D eigenvalue weighted by atomic mass is 9.80. The Balaban J connectivity index is 1.75. The number of nitrogens with zero attached hydrogens (tertiary/aromatic N) is 2. The minimum Gasteiger partial charge on any atom is -0.410 e. The number of ether oxygens (including phenoxy) is 1. The van der Waals surface area contributed by atoms with E-state index in [1.807, 2.05) is 16.3 Å². The van der Waals surface area contributed by atoms with Crippen molar-refractivity contribution in [1.29, 1.82) is 0 Å². The molecule has 14 heteroatoms. The highest BCUT2D eigenvalue weighted by Gasteiger charge is 2.46. The Bertz CT molecular complexity index is 1180. The van der Waals surface area contributed by atoms with Crippen molar-refractivity contribution in [2.45, 2.75) is 77.9 Å². The number of Topliss-reactive ketones (excluding diaryl/α,β-unsaturated/α-hetero) is 1. The van der Waals surface area contributed by atoms with Gasteiger partial charge in [-0.1, -0.05) is 47.0 Å². The monoisotopic (exact) mass is 591 g/mol. The van der Waals surface area contributed by atoms with Crippen molar-refractivity contribution in [3.63, 3.8) is 0 Å². The number of rotatable bonds is 10. The van der Waals surface area contributed by atoms with Gasteiger partial charge in [0.15, 0.2) is 0 Å². The van der Waals surface area contributed by atoms with E-state index in [0.717, 1.165) is 19.3 Å². The van der Waals surface area contributed by atoms with E-state index in [1.165, 1.54) is 29.2 Å². The normalized spacial score (nSPS) is 20.3.